The Hall–Kier alpha value is -1.02. The lowest BCUT2D eigenvalue weighted by molar-refractivity contribution is 0.144. The first-order valence-corrected chi connectivity index (χ1v) is 6.58. The third kappa shape index (κ3) is 2.47. The SMILES string of the molecule is CCC(C)(C)N(C)CC1CNc2ccccc21. The summed E-state index contributed by atoms with van der Waals surface area (Å²) >= 11 is 0. The highest BCUT2D eigenvalue weighted by Crippen LogP contribution is 2.32. The summed E-state index contributed by atoms with van der Waals surface area (Å²) in [5.41, 5.74) is 3.09. The van der Waals surface area contributed by atoms with Gasteiger partial charge < -0.3 is 10.2 Å². The van der Waals surface area contributed by atoms with Crippen molar-refractivity contribution in [1.82, 2.24) is 4.90 Å². The van der Waals surface area contributed by atoms with E-state index in [2.05, 4.69) is 62.3 Å². The molecule has 1 unspecified atom stereocenters. The number of para-hydroxylation sites is 1. The fourth-order valence-electron chi connectivity index (χ4n) is 2.37. The molecule has 0 saturated carbocycles. The molecule has 94 valence electrons. The zero-order chi connectivity index (χ0) is 12.5. The highest BCUT2D eigenvalue weighted by molar-refractivity contribution is 5.57. The Kier molecular flexibility index (Phi) is 3.43. The van der Waals surface area contributed by atoms with Gasteiger partial charge in [0.2, 0.25) is 0 Å². The van der Waals surface area contributed by atoms with Crippen molar-refractivity contribution in [2.45, 2.75) is 38.6 Å². The molecule has 0 spiro atoms. The van der Waals surface area contributed by atoms with Crippen LogP contribution in [0.3, 0.4) is 0 Å². The quantitative estimate of drug-likeness (QED) is 0.856. The lowest BCUT2D eigenvalue weighted by Crippen LogP contribution is -2.42. The van der Waals surface area contributed by atoms with E-state index in [9.17, 15) is 0 Å². The molecule has 1 aliphatic heterocycles. The smallest absolute Gasteiger partial charge is 0.0376 e. The van der Waals surface area contributed by atoms with Crippen LogP contribution in [-0.4, -0.2) is 30.6 Å². The number of nitrogens with one attached hydrogen (secondary N) is 1. The Morgan fingerprint density at radius 3 is 2.76 bits per heavy atom. The van der Waals surface area contributed by atoms with Crippen LogP contribution in [0.1, 0.15) is 38.7 Å². The summed E-state index contributed by atoms with van der Waals surface area (Å²) in [6.07, 6.45) is 1.19. The molecule has 1 aromatic carbocycles. The summed E-state index contributed by atoms with van der Waals surface area (Å²) in [7, 11) is 2.24. The Morgan fingerprint density at radius 2 is 2.06 bits per heavy atom. The van der Waals surface area contributed by atoms with Crippen LogP contribution in [0.25, 0.3) is 0 Å². The molecule has 2 heteroatoms. The van der Waals surface area contributed by atoms with E-state index in [1.807, 2.05) is 0 Å². The van der Waals surface area contributed by atoms with Crippen LogP contribution in [0, 0.1) is 0 Å². The van der Waals surface area contributed by atoms with E-state index >= 15 is 0 Å². The second kappa shape index (κ2) is 4.69. The molecular formula is C15H24N2. The highest BCUT2D eigenvalue weighted by Gasteiger charge is 2.28. The molecule has 2 nitrogen and oxygen atoms in total. The van der Waals surface area contributed by atoms with Crippen LogP contribution in [0.2, 0.25) is 0 Å². The summed E-state index contributed by atoms with van der Waals surface area (Å²) in [6.45, 7) is 9.11. The van der Waals surface area contributed by atoms with Crippen molar-refractivity contribution >= 4 is 5.69 Å². The molecule has 0 saturated heterocycles. The number of benzene rings is 1. The van der Waals surface area contributed by atoms with Crippen LogP contribution in [-0.2, 0) is 0 Å². The average molecular weight is 232 g/mol. The van der Waals surface area contributed by atoms with Gasteiger partial charge in [0.25, 0.3) is 0 Å². The van der Waals surface area contributed by atoms with E-state index in [1.165, 1.54) is 17.7 Å². The van der Waals surface area contributed by atoms with Crippen molar-refractivity contribution in [1.29, 1.82) is 0 Å². The second-order valence-electron chi connectivity index (χ2n) is 5.71. The molecule has 1 N–H and O–H groups in total. The molecule has 1 heterocycles. The van der Waals surface area contributed by atoms with E-state index < -0.39 is 0 Å². The number of rotatable bonds is 4. The van der Waals surface area contributed by atoms with Crippen LogP contribution in [0.4, 0.5) is 5.69 Å². The van der Waals surface area contributed by atoms with Gasteiger partial charge in [-0.15, -0.1) is 0 Å². The summed E-state index contributed by atoms with van der Waals surface area (Å²) in [6, 6.07) is 8.69. The van der Waals surface area contributed by atoms with Gasteiger partial charge in [0.05, 0.1) is 0 Å². The maximum Gasteiger partial charge on any atom is 0.0376 e. The molecule has 0 aromatic heterocycles. The number of fused-ring (bicyclic) bond motifs is 1. The lowest BCUT2D eigenvalue weighted by Gasteiger charge is -2.36. The molecule has 0 radical (unpaired) electrons. The van der Waals surface area contributed by atoms with Gasteiger partial charge in [-0.2, -0.15) is 0 Å². The predicted octanol–water partition coefficient (Wildman–Crippen LogP) is 3.32. The number of hydrogen-bond acceptors (Lipinski definition) is 2. The highest BCUT2D eigenvalue weighted by atomic mass is 15.2. The maximum atomic E-state index is 3.50. The number of likely N-dealkylation sites (N-methyl/N-ethyl adjacent to an activating group) is 1. The van der Waals surface area contributed by atoms with Gasteiger partial charge >= 0.3 is 0 Å². The van der Waals surface area contributed by atoms with Gasteiger partial charge in [-0.05, 0) is 38.9 Å². The third-order valence-corrected chi connectivity index (χ3v) is 4.33. The largest absolute Gasteiger partial charge is 0.384 e. The van der Waals surface area contributed by atoms with Gasteiger partial charge in [-0.25, -0.2) is 0 Å². The molecule has 2 rings (SSSR count). The van der Waals surface area contributed by atoms with Gasteiger partial charge in [-0.1, -0.05) is 25.1 Å². The first-order chi connectivity index (χ1) is 8.04. The van der Waals surface area contributed by atoms with E-state index in [0.717, 1.165) is 13.1 Å². The van der Waals surface area contributed by atoms with Crippen molar-refractivity contribution in [3.63, 3.8) is 0 Å². The molecule has 1 atom stereocenters. The summed E-state index contributed by atoms with van der Waals surface area (Å²) < 4.78 is 0. The number of anilines is 1. The minimum absolute atomic E-state index is 0.289. The van der Waals surface area contributed by atoms with Crippen LogP contribution >= 0.6 is 0 Å². The Labute approximate surface area is 105 Å². The Balaban J connectivity index is 2.07. The van der Waals surface area contributed by atoms with Crippen LogP contribution in [0.15, 0.2) is 24.3 Å². The molecule has 0 aliphatic carbocycles. The minimum atomic E-state index is 0.289. The van der Waals surface area contributed by atoms with Crippen LogP contribution < -0.4 is 5.32 Å². The summed E-state index contributed by atoms with van der Waals surface area (Å²) in [5.74, 6) is 0.627. The monoisotopic (exact) mass is 232 g/mol. The lowest BCUT2D eigenvalue weighted by atomic mass is 9.95. The molecule has 0 amide bonds. The summed E-state index contributed by atoms with van der Waals surface area (Å²) in [5, 5.41) is 3.50. The molecule has 0 bridgehead atoms. The van der Waals surface area contributed by atoms with Crippen molar-refractivity contribution in [2.24, 2.45) is 0 Å². The topological polar surface area (TPSA) is 15.3 Å². The fourth-order valence-corrected chi connectivity index (χ4v) is 2.37. The van der Waals surface area contributed by atoms with Gasteiger partial charge in [0, 0.05) is 30.2 Å². The first-order valence-electron chi connectivity index (χ1n) is 6.58. The molecule has 1 aliphatic rings. The normalized spacial score (nSPS) is 19.2. The first kappa shape index (κ1) is 12.4. The van der Waals surface area contributed by atoms with Crippen molar-refractivity contribution in [2.75, 3.05) is 25.5 Å². The van der Waals surface area contributed by atoms with Gasteiger partial charge in [-0.3, -0.25) is 0 Å². The van der Waals surface area contributed by atoms with Gasteiger partial charge in [0.15, 0.2) is 0 Å². The Morgan fingerprint density at radius 1 is 1.35 bits per heavy atom. The van der Waals surface area contributed by atoms with Crippen molar-refractivity contribution in [3.05, 3.63) is 29.8 Å². The second-order valence-corrected chi connectivity index (χ2v) is 5.71. The number of nitrogens with zero attached hydrogens (tertiary/aromatic N) is 1. The maximum absolute atomic E-state index is 3.50. The third-order valence-electron chi connectivity index (χ3n) is 4.33. The van der Waals surface area contributed by atoms with E-state index in [1.54, 1.807) is 0 Å². The average Bonchev–Trinajstić information content (AvgIpc) is 2.73. The standard InChI is InChI=1S/C15H24N2/c1-5-15(2,3)17(4)11-12-10-16-14-9-7-6-8-13(12)14/h6-9,12,16H,5,10-11H2,1-4H3. The molecular weight excluding hydrogens is 208 g/mol. The molecule has 0 fully saturated rings. The zero-order valence-corrected chi connectivity index (χ0v) is 11.5. The van der Waals surface area contributed by atoms with Crippen molar-refractivity contribution < 1.29 is 0 Å². The predicted molar refractivity (Wildman–Crippen MR) is 74.7 cm³/mol. The van der Waals surface area contributed by atoms with Crippen molar-refractivity contribution in [3.8, 4) is 0 Å². The van der Waals surface area contributed by atoms with E-state index in [4.69, 9.17) is 0 Å². The van der Waals surface area contributed by atoms with Crippen LogP contribution in [0.5, 0.6) is 0 Å². The minimum Gasteiger partial charge on any atom is -0.384 e. The zero-order valence-electron chi connectivity index (χ0n) is 11.5. The molecule has 17 heavy (non-hydrogen) atoms. The van der Waals surface area contributed by atoms with E-state index in [-0.39, 0.29) is 5.54 Å². The Bertz CT molecular complexity index is 384. The summed E-state index contributed by atoms with van der Waals surface area (Å²) in [4.78, 5) is 2.49. The number of hydrogen-bond donors (Lipinski definition) is 1. The van der Waals surface area contributed by atoms with E-state index in [0.29, 0.717) is 5.92 Å². The fraction of sp³-hybridized carbons (Fsp3) is 0.600. The molecule has 1 aromatic rings. The van der Waals surface area contributed by atoms with Gasteiger partial charge in [0.1, 0.15) is 0 Å².